The second kappa shape index (κ2) is 10.8. The summed E-state index contributed by atoms with van der Waals surface area (Å²) < 4.78 is 6.99. The van der Waals surface area contributed by atoms with Crippen LogP contribution in [0.15, 0.2) is 61.1 Å². The highest BCUT2D eigenvalue weighted by molar-refractivity contribution is 6.33. The number of pyridine rings is 1. The van der Waals surface area contributed by atoms with Crippen LogP contribution in [-0.4, -0.2) is 51.5 Å². The molecule has 5 rings (SSSR count). The molecule has 190 valence electrons. The molecule has 2 aromatic carbocycles. The van der Waals surface area contributed by atoms with Crippen molar-refractivity contribution in [1.29, 1.82) is 0 Å². The molecule has 1 N–H and O–H groups in total. The summed E-state index contributed by atoms with van der Waals surface area (Å²) in [4.78, 5) is 27.5. The fraction of sp³-hybridized carbons (Fsp3) is 0.259. The van der Waals surface area contributed by atoms with Crippen LogP contribution in [0.25, 0.3) is 5.65 Å². The third kappa shape index (κ3) is 5.55. The number of amides is 2. The predicted octanol–water partition coefficient (Wildman–Crippen LogP) is 5.25. The Bertz CT molecular complexity index is 1450. The first kappa shape index (κ1) is 25.0. The molecule has 2 aromatic heterocycles. The van der Waals surface area contributed by atoms with Gasteiger partial charge in [0.1, 0.15) is 12.1 Å². The Kier molecular flexibility index (Phi) is 7.30. The van der Waals surface area contributed by atoms with Crippen molar-refractivity contribution in [1.82, 2.24) is 19.5 Å². The smallest absolute Gasteiger partial charge is 0.255 e. The lowest BCUT2D eigenvalue weighted by atomic mass is 9.89. The summed E-state index contributed by atoms with van der Waals surface area (Å²) in [5.74, 6) is 0.769. The summed E-state index contributed by atoms with van der Waals surface area (Å²) in [5.41, 5.74) is 3.69. The van der Waals surface area contributed by atoms with E-state index in [1.165, 1.54) is 11.9 Å². The summed E-state index contributed by atoms with van der Waals surface area (Å²) >= 11 is 12.3. The van der Waals surface area contributed by atoms with E-state index in [0.717, 1.165) is 24.1 Å². The van der Waals surface area contributed by atoms with Crippen LogP contribution in [0.2, 0.25) is 10.0 Å². The first-order valence-electron chi connectivity index (χ1n) is 11.9. The zero-order valence-corrected chi connectivity index (χ0v) is 21.7. The van der Waals surface area contributed by atoms with Gasteiger partial charge in [-0.3, -0.25) is 14.0 Å². The minimum Gasteiger partial charge on any atom is -0.496 e. The maximum absolute atomic E-state index is 13.1. The Labute approximate surface area is 224 Å². The van der Waals surface area contributed by atoms with Crippen molar-refractivity contribution in [2.24, 2.45) is 0 Å². The highest BCUT2D eigenvalue weighted by Gasteiger charge is 2.25. The Morgan fingerprint density at radius 2 is 1.84 bits per heavy atom. The lowest BCUT2D eigenvalue weighted by Crippen LogP contribution is -2.38. The van der Waals surface area contributed by atoms with Crippen LogP contribution in [0.1, 0.15) is 40.2 Å². The van der Waals surface area contributed by atoms with Crippen molar-refractivity contribution >= 4 is 46.4 Å². The van der Waals surface area contributed by atoms with Gasteiger partial charge in [0.2, 0.25) is 5.91 Å². The number of methoxy groups -OCH3 is 1. The van der Waals surface area contributed by atoms with Gasteiger partial charge in [-0.1, -0.05) is 35.3 Å². The standard InChI is InChI=1S/C27H25Cl2N5O3/c1-37-24-7-4-21(28)12-19(24)14-25(35)31-22-5-2-17(3-6-22)18-8-10-33(11-9-18)27(36)20-13-23(29)26-32-30-16-34(26)15-20/h2-7,12-13,15-16,18H,8-11,14H2,1H3,(H,31,35). The predicted molar refractivity (Wildman–Crippen MR) is 143 cm³/mol. The van der Waals surface area contributed by atoms with Crippen LogP contribution in [0.5, 0.6) is 5.75 Å². The summed E-state index contributed by atoms with van der Waals surface area (Å²) in [7, 11) is 1.57. The maximum Gasteiger partial charge on any atom is 0.255 e. The van der Waals surface area contributed by atoms with Gasteiger partial charge in [0, 0.05) is 35.6 Å². The van der Waals surface area contributed by atoms with Gasteiger partial charge >= 0.3 is 0 Å². The molecule has 0 saturated carbocycles. The van der Waals surface area contributed by atoms with Crippen molar-refractivity contribution in [3.05, 3.63) is 87.8 Å². The van der Waals surface area contributed by atoms with Crippen molar-refractivity contribution in [2.45, 2.75) is 25.2 Å². The van der Waals surface area contributed by atoms with E-state index < -0.39 is 0 Å². The molecule has 0 atom stereocenters. The topological polar surface area (TPSA) is 88.8 Å². The first-order valence-corrected chi connectivity index (χ1v) is 12.7. The third-order valence-electron chi connectivity index (χ3n) is 6.64. The number of rotatable bonds is 6. The van der Waals surface area contributed by atoms with Gasteiger partial charge in [0.05, 0.1) is 24.1 Å². The van der Waals surface area contributed by atoms with E-state index in [2.05, 4.69) is 15.5 Å². The lowest BCUT2D eigenvalue weighted by Gasteiger charge is -2.32. The second-order valence-corrected chi connectivity index (χ2v) is 9.85. The molecule has 37 heavy (non-hydrogen) atoms. The highest BCUT2D eigenvalue weighted by atomic mass is 35.5. The molecule has 4 aromatic rings. The monoisotopic (exact) mass is 537 g/mol. The van der Waals surface area contributed by atoms with Gasteiger partial charge in [-0.15, -0.1) is 10.2 Å². The van der Waals surface area contributed by atoms with E-state index >= 15 is 0 Å². The molecule has 8 nitrogen and oxygen atoms in total. The number of likely N-dealkylation sites (tertiary alicyclic amines) is 1. The van der Waals surface area contributed by atoms with E-state index in [-0.39, 0.29) is 18.2 Å². The number of nitrogens with zero attached hydrogens (tertiary/aromatic N) is 4. The Morgan fingerprint density at radius 1 is 1.08 bits per heavy atom. The molecule has 10 heteroatoms. The fourth-order valence-corrected chi connectivity index (χ4v) is 5.16. The normalized spacial score (nSPS) is 14.1. The number of nitrogens with one attached hydrogen (secondary N) is 1. The number of piperidine rings is 1. The van der Waals surface area contributed by atoms with E-state index in [1.807, 2.05) is 29.2 Å². The molecular weight excluding hydrogens is 513 g/mol. The Morgan fingerprint density at radius 3 is 2.57 bits per heavy atom. The van der Waals surface area contributed by atoms with Crippen molar-refractivity contribution in [3.8, 4) is 5.75 Å². The molecular formula is C27H25Cl2N5O3. The van der Waals surface area contributed by atoms with Crippen LogP contribution in [-0.2, 0) is 11.2 Å². The number of anilines is 1. The molecule has 0 radical (unpaired) electrons. The lowest BCUT2D eigenvalue weighted by molar-refractivity contribution is -0.115. The number of fused-ring (bicyclic) bond motifs is 1. The molecule has 0 bridgehead atoms. The van der Waals surface area contributed by atoms with Crippen LogP contribution < -0.4 is 10.1 Å². The van der Waals surface area contributed by atoms with Crippen LogP contribution in [0.4, 0.5) is 5.69 Å². The molecule has 0 unspecified atom stereocenters. The average molecular weight is 538 g/mol. The van der Waals surface area contributed by atoms with Gasteiger partial charge in [-0.2, -0.15) is 0 Å². The maximum atomic E-state index is 13.1. The van der Waals surface area contributed by atoms with E-state index in [4.69, 9.17) is 27.9 Å². The number of carbonyl (C=O) groups is 2. The summed E-state index contributed by atoms with van der Waals surface area (Å²) in [6.45, 7) is 1.31. The number of hydrogen-bond acceptors (Lipinski definition) is 5. The van der Waals surface area contributed by atoms with Crippen LogP contribution in [0.3, 0.4) is 0 Å². The second-order valence-electron chi connectivity index (χ2n) is 9.01. The molecule has 3 heterocycles. The quantitative estimate of drug-likeness (QED) is 0.363. The van der Waals surface area contributed by atoms with E-state index in [0.29, 0.717) is 46.0 Å². The largest absolute Gasteiger partial charge is 0.496 e. The summed E-state index contributed by atoms with van der Waals surface area (Å²) in [6, 6.07) is 14.8. The number of hydrogen-bond donors (Lipinski definition) is 1. The van der Waals surface area contributed by atoms with Crippen molar-refractivity contribution in [3.63, 3.8) is 0 Å². The molecule has 0 aliphatic carbocycles. The molecule has 0 spiro atoms. The number of aromatic nitrogens is 3. The van der Waals surface area contributed by atoms with Gasteiger partial charge in [-0.25, -0.2) is 0 Å². The minimum absolute atomic E-state index is 0.0506. The van der Waals surface area contributed by atoms with E-state index in [9.17, 15) is 9.59 Å². The zero-order chi connectivity index (χ0) is 25.9. The van der Waals surface area contributed by atoms with Crippen molar-refractivity contribution < 1.29 is 14.3 Å². The van der Waals surface area contributed by atoms with Crippen molar-refractivity contribution in [2.75, 3.05) is 25.5 Å². The number of halogens is 2. The summed E-state index contributed by atoms with van der Waals surface area (Å²) in [6.07, 6.45) is 5.12. The molecule has 2 amide bonds. The molecule has 1 aliphatic heterocycles. The summed E-state index contributed by atoms with van der Waals surface area (Å²) in [5, 5.41) is 11.7. The van der Waals surface area contributed by atoms with Crippen LogP contribution >= 0.6 is 23.2 Å². The number of benzene rings is 2. The fourth-order valence-electron chi connectivity index (χ4n) is 4.71. The SMILES string of the molecule is COc1ccc(Cl)cc1CC(=O)Nc1ccc(C2CCN(C(=O)c3cc(Cl)c4nncn4c3)CC2)cc1. The van der Waals surface area contributed by atoms with Gasteiger partial charge in [-0.05, 0) is 60.7 Å². The molecule has 1 aliphatic rings. The average Bonchev–Trinajstić information content (AvgIpc) is 3.38. The molecule has 1 saturated heterocycles. The molecule has 1 fully saturated rings. The van der Waals surface area contributed by atoms with Crippen LogP contribution in [0, 0.1) is 0 Å². The first-order chi connectivity index (χ1) is 17.9. The number of ether oxygens (including phenoxy) is 1. The van der Waals surface area contributed by atoms with Gasteiger partial charge < -0.3 is 15.0 Å². The Hall–Kier alpha value is -3.62. The highest BCUT2D eigenvalue weighted by Crippen LogP contribution is 2.30. The zero-order valence-electron chi connectivity index (χ0n) is 20.2. The van der Waals surface area contributed by atoms with Gasteiger partial charge in [0.15, 0.2) is 5.65 Å². The van der Waals surface area contributed by atoms with Gasteiger partial charge in [0.25, 0.3) is 5.91 Å². The van der Waals surface area contributed by atoms with E-state index in [1.54, 1.807) is 42.0 Å². The minimum atomic E-state index is -0.148. The number of carbonyl (C=O) groups excluding carboxylic acids is 2. The third-order valence-corrected chi connectivity index (χ3v) is 7.15. The Balaban J connectivity index is 1.17.